The van der Waals surface area contributed by atoms with Crippen LogP contribution in [-0.2, 0) is 17.8 Å². The zero-order valence-corrected chi connectivity index (χ0v) is 15.4. The van der Waals surface area contributed by atoms with Gasteiger partial charge in [-0.2, -0.15) is 5.10 Å². The van der Waals surface area contributed by atoms with Crippen LogP contribution in [0, 0.1) is 5.82 Å². The molecule has 0 saturated heterocycles. The predicted molar refractivity (Wildman–Crippen MR) is 104 cm³/mol. The van der Waals surface area contributed by atoms with Crippen LogP contribution in [0.3, 0.4) is 0 Å². The molecule has 28 heavy (non-hydrogen) atoms. The van der Waals surface area contributed by atoms with Crippen LogP contribution in [0.1, 0.15) is 5.56 Å². The minimum absolute atomic E-state index is 0.184. The Balaban J connectivity index is 1.59. The Morgan fingerprint density at radius 2 is 1.79 bits per heavy atom. The van der Waals surface area contributed by atoms with Gasteiger partial charge in [-0.05, 0) is 54.4 Å². The van der Waals surface area contributed by atoms with Crippen LogP contribution in [0.4, 0.5) is 4.39 Å². The van der Waals surface area contributed by atoms with Gasteiger partial charge in [0, 0.05) is 18.2 Å². The molecule has 0 saturated carbocycles. The van der Waals surface area contributed by atoms with Crippen molar-refractivity contribution in [2.45, 2.75) is 13.0 Å². The third-order valence-electron chi connectivity index (χ3n) is 4.19. The van der Waals surface area contributed by atoms with Gasteiger partial charge in [0.1, 0.15) is 18.1 Å². The number of rotatable bonds is 7. The average Bonchev–Trinajstić information content (AvgIpc) is 2.71. The number of carbonyl (C=O) groups excluding carboxylic acids is 1. The van der Waals surface area contributed by atoms with E-state index in [2.05, 4.69) is 10.4 Å². The maximum absolute atomic E-state index is 13.1. The summed E-state index contributed by atoms with van der Waals surface area (Å²) in [6.07, 6.45) is 0.660. The van der Waals surface area contributed by atoms with Crippen LogP contribution in [0.2, 0.25) is 0 Å². The molecule has 0 spiro atoms. The van der Waals surface area contributed by atoms with E-state index in [4.69, 9.17) is 4.74 Å². The summed E-state index contributed by atoms with van der Waals surface area (Å²) >= 11 is 0. The second-order valence-electron chi connectivity index (χ2n) is 6.17. The topological polar surface area (TPSA) is 73.2 Å². The molecule has 7 heteroatoms. The number of ether oxygens (including phenoxy) is 1. The number of nitrogens with one attached hydrogen (secondary N) is 1. The van der Waals surface area contributed by atoms with E-state index in [1.54, 1.807) is 25.3 Å². The van der Waals surface area contributed by atoms with E-state index in [1.807, 2.05) is 24.3 Å². The molecule has 0 aliphatic heterocycles. The van der Waals surface area contributed by atoms with Gasteiger partial charge in [0.25, 0.3) is 5.56 Å². The number of hydrogen-bond acceptors (Lipinski definition) is 4. The summed E-state index contributed by atoms with van der Waals surface area (Å²) in [5, 5.41) is 6.99. The molecule has 0 radical (unpaired) electrons. The molecule has 3 aromatic rings. The smallest absolute Gasteiger partial charge is 0.267 e. The normalized spacial score (nSPS) is 10.5. The Morgan fingerprint density at radius 3 is 2.46 bits per heavy atom. The highest BCUT2D eigenvalue weighted by Gasteiger charge is 2.08. The first-order chi connectivity index (χ1) is 13.5. The fourth-order valence-electron chi connectivity index (χ4n) is 2.67. The highest BCUT2D eigenvalue weighted by Crippen LogP contribution is 2.15. The lowest BCUT2D eigenvalue weighted by atomic mass is 10.1. The van der Waals surface area contributed by atoms with Gasteiger partial charge < -0.3 is 10.1 Å². The Hall–Kier alpha value is -3.48. The molecule has 0 bridgehead atoms. The van der Waals surface area contributed by atoms with Gasteiger partial charge in [0.15, 0.2) is 0 Å². The minimum atomic E-state index is -0.379. The van der Waals surface area contributed by atoms with Crippen LogP contribution in [0.25, 0.3) is 11.3 Å². The van der Waals surface area contributed by atoms with Crippen molar-refractivity contribution in [2.24, 2.45) is 0 Å². The molecule has 1 N–H and O–H groups in total. The molecular formula is C21H20FN3O3. The van der Waals surface area contributed by atoms with Crippen LogP contribution in [-0.4, -0.2) is 29.3 Å². The fraction of sp³-hybridized carbons (Fsp3) is 0.190. The second kappa shape index (κ2) is 8.94. The lowest BCUT2D eigenvalue weighted by Gasteiger charge is -2.09. The summed E-state index contributed by atoms with van der Waals surface area (Å²) in [7, 11) is 1.61. The summed E-state index contributed by atoms with van der Waals surface area (Å²) in [6.45, 7) is 0.258. The minimum Gasteiger partial charge on any atom is -0.497 e. The summed E-state index contributed by atoms with van der Waals surface area (Å²) in [5.41, 5.74) is 1.84. The van der Waals surface area contributed by atoms with Gasteiger partial charge in [-0.15, -0.1) is 0 Å². The molecule has 0 atom stereocenters. The van der Waals surface area contributed by atoms with Crippen LogP contribution >= 0.6 is 0 Å². The molecule has 2 aromatic carbocycles. The lowest BCUT2D eigenvalue weighted by molar-refractivity contribution is -0.121. The Kier molecular flexibility index (Phi) is 6.16. The quantitative estimate of drug-likeness (QED) is 0.682. The van der Waals surface area contributed by atoms with Crippen LogP contribution in [0.15, 0.2) is 65.5 Å². The zero-order valence-electron chi connectivity index (χ0n) is 15.4. The van der Waals surface area contributed by atoms with Gasteiger partial charge in [-0.3, -0.25) is 9.59 Å². The first-order valence-corrected chi connectivity index (χ1v) is 8.79. The first kappa shape index (κ1) is 19.3. The van der Waals surface area contributed by atoms with Gasteiger partial charge in [0.2, 0.25) is 5.91 Å². The molecular weight excluding hydrogens is 361 g/mol. The van der Waals surface area contributed by atoms with Crippen molar-refractivity contribution < 1.29 is 13.9 Å². The van der Waals surface area contributed by atoms with Gasteiger partial charge >= 0.3 is 0 Å². The molecule has 6 nitrogen and oxygen atoms in total. The van der Waals surface area contributed by atoms with Crippen molar-refractivity contribution in [3.05, 3.63) is 82.4 Å². The number of benzene rings is 2. The largest absolute Gasteiger partial charge is 0.497 e. The van der Waals surface area contributed by atoms with E-state index in [9.17, 15) is 14.0 Å². The monoisotopic (exact) mass is 381 g/mol. The number of nitrogens with zero attached hydrogens (tertiary/aromatic N) is 2. The highest BCUT2D eigenvalue weighted by atomic mass is 19.1. The number of halogens is 1. The number of aromatic nitrogens is 2. The van der Waals surface area contributed by atoms with Gasteiger partial charge in [0.05, 0.1) is 12.8 Å². The van der Waals surface area contributed by atoms with Crippen LogP contribution in [0.5, 0.6) is 5.75 Å². The molecule has 1 amide bonds. The second-order valence-corrected chi connectivity index (χ2v) is 6.17. The van der Waals surface area contributed by atoms with Crippen molar-refractivity contribution in [3.8, 4) is 17.0 Å². The first-order valence-electron chi connectivity index (χ1n) is 8.79. The summed E-state index contributed by atoms with van der Waals surface area (Å²) < 4.78 is 19.3. The predicted octanol–water partition coefficient (Wildman–Crippen LogP) is 2.42. The van der Waals surface area contributed by atoms with E-state index >= 15 is 0 Å². The standard InChI is InChI=1S/C21H20FN3O3/c1-28-18-8-2-15(3-9-18)12-13-23-20(26)14-25-21(27)11-10-19(24-25)16-4-6-17(22)7-5-16/h2-11H,12-14H2,1H3,(H,23,26). The van der Waals surface area contributed by atoms with Crippen molar-refractivity contribution in [3.63, 3.8) is 0 Å². The summed E-state index contributed by atoms with van der Waals surface area (Å²) in [4.78, 5) is 24.2. The van der Waals surface area contributed by atoms with E-state index in [1.165, 1.54) is 18.2 Å². The SMILES string of the molecule is COc1ccc(CCNC(=O)Cn2nc(-c3ccc(F)cc3)ccc2=O)cc1. The summed E-state index contributed by atoms with van der Waals surface area (Å²) in [6, 6.07) is 16.3. The number of hydrogen-bond donors (Lipinski definition) is 1. The molecule has 1 heterocycles. The summed E-state index contributed by atoms with van der Waals surface area (Å²) in [5.74, 6) is 0.118. The van der Waals surface area contributed by atoms with Crippen molar-refractivity contribution in [1.29, 1.82) is 0 Å². The maximum atomic E-state index is 13.1. The number of methoxy groups -OCH3 is 1. The van der Waals surface area contributed by atoms with E-state index in [0.29, 0.717) is 24.2 Å². The highest BCUT2D eigenvalue weighted by molar-refractivity contribution is 5.75. The van der Waals surface area contributed by atoms with Crippen molar-refractivity contribution in [1.82, 2.24) is 15.1 Å². The average molecular weight is 381 g/mol. The fourth-order valence-corrected chi connectivity index (χ4v) is 2.67. The maximum Gasteiger partial charge on any atom is 0.267 e. The Bertz CT molecular complexity index is 999. The third-order valence-corrected chi connectivity index (χ3v) is 4.19. The Labute approximate surface area is 161 Å². The van der Waals surface area contributed by atoms with Gasteiger partial charge in [-0.1, -0.05) is 12.1 Å². The van der Waals surface area contributed by atoms with E-state index in [0.717, 1.165) is 16.0 Å². The van der Waals surface area contributed by atoms with E-state index in [-0.39, 0.29) is 23.8 Å². The Morgan fingerprint density at radius 1 is 1.07 bits per heavy atom. The molecule has 0 unspecified atom stereocenters. The molecule has 3 rings (SSSR count). The molecule has 0 aliphatic rings. The van der Waals surface area contributed by atoms with Gasteiger partial charge in [-0.25, -0.2) is 9.07 Å². The molecule has 0 fully saturated rings. The number of carbonyl (C=O) groups is 1. The van der Waals surface area contributed by atoms with Crippen LogP contribution < -0.4 is 15.6 Å². The zero-order chi connectivity index (χ0) is 19.9. The molecule has 1 aromatic heterocycles. The van der Waals surface area contributed by atoms with Crippen molar-refractivity contribution >= 4 is 5.91 Å². The molecule has 144 valence electrons. The number of amides is 1. The lowest BCUT2D eigenvalue weighted by Crippen LogP contribution is -2.34. The molecule has 0 aliphatic carbocycles. The van der Waals surface area contributed by atoms with E-state index < -0.39 is 0 Å². The third kappa shape index (κ3) is 5.03. The van der Waals surface area contributed by atoms with Crippen molar-refractivity contribution in [2.75, 3.05) is 13.7 Å².